The van der Waals surface area contributed by atoms with Crippen LogP contribution in [0.3, 0.4) is 0 Å². The number of nitrogens with zero attached hydrogens (tertiary/aromatic N) is 2. The lowest BCUT2D eigenvalue weighted by atomic mass is 10.2. The molecule has 0 radical (unpaired) electrons. The normalized spacial score (nSPS) is 10.5. The van der Waals surface area contributed by atoms with Crippen molar-refractivity contribution in [1.29, 1.82) is 0 Å². The van der Waals surface area contributed by atoms with Crippen molar-refractivity contribution in [2.75, 3.05) is 10.6 Å². The van der Waals surface area contributed by atoms with Crippen molar-refractivity contribution in [2.24, 2.45) is 0 Å². The van der Waals surface area contributed by atoms with Crippen molar-refractivity contribution >= 4 is 29.0 Å². The Labute approximate surface area is 166 Å². The Morgan fingerprint density at radius 2 is 1.21 bits per heavy atom. The van der Waals surface area contributed by atoms with E-state index >= 15 is 0 Å². The number of halogens is 1. The van der Waals surface area contributed by atoms with Gasteiger partial charge in [-0.15, -0.1) is 10.2 Å². The van der Waals surface area contributed by atoms with Crippen molar-refractivity contribution < 1.29 is 9.21 Å². The van der Waals surface area contributed by atoms with Gasteiger partial charge in [-0.1, -0.05) is 29.8 Å². The van der Waals surface area contributed by atoms with Crippen LogP contribution in [0.1, 0.15) is 0 Å². The second kappa shape index (κ2) is 7.94. The van der Waals surface area contributed by atoms with Crippen LogP contribution >= 0.6 is 11.6 Å². The Kier molecular flexibility index (Phi) is 5.03. The SMILES string of the molecule is O=C(Nc1ccc(Cl)cc1)Nc1ccc(-c2nnc(-c3ccccc3)o2)cc1. The topological polar surface area (TPSA) is 80.0 Å². The van der Waals surface area contributed by atoms with Crippen LogP contribution in [0.25, 0.3) is 22.9 Å². The third-order valence-corrected chi connectivity index (χ3v) is 4.19. The molecule has 0 aliphatic heterocycles. The molecule has 0 bridgehead atoms. The van der Waals surface area contributed by atoms with Gasteiger partial charge in [0.25, 0.3) is 0 Å². The van der Waals surface area contributed by atoms with E-state index in [4.69, 9.17) is 16.0 Å². The first-order valence-electron chi connectivity index (χ1n) is 8.50. The fourth-order valence-corrected chi connectivity index (χ4v) is 2.69. The molecule has 0 spiro atoms. The number of carbonyl (C=O) groups is 1. The van der Waals surface area contributed by atoms with Crippen LogP contribution in [0.5, 0.6) is 0 Å². The van der Waals surface area contributed by atoms with Crippen molar-refractivity contribution in [3.05, 3.63) is 83.9 Å². The second-order valence-electron chi connectivity index (χ2n) is 5.94. The van der Waals surface area contributed by atoms with Gasteiger partial charge in [0.05, 0.1) is 0 Å². The first kappa shape index (κ1) is 17.8. The third kappa shape index (κ3) is 4.19. The summed E-state index contributed by atoms with van der Waals surface area (Å²) in [5, 5.41) is 14.3. The minimum atomic E-state index is -0.348. The fourth-order valence-electron chi connectivity index (χ4n) is 2.56. The quantitative estimate of drug-likeness (QED) is 0.468. The number of hydrogen-bond acceptors (Lipinski definition) is 4. The van der Waals surface area contributed by atoms with Crippen molar-refractivity contribution in [3.63, 3.8) is 0 Å². The molecule has 2 amide bonds. The zero-order chi connectivity index (χ0) is 19.3. The fraction of sp³-hybridized carbons (Fsp3) is 0. The lowest BCUT2D eigenvalue weighted by molar-refractivity contribution is 0.262. The smallest absolute Gasteiger partial charge is 0.323 e. The number of anilines is 2. The van der Waals surface area contributed by atoms with Crippen LogP contribution in [0.4, 0.5) is 16.2 Å². The predicted molar refractivity (Wildman–Crippen MR) is 109 cm³/mol. The minimum Gasteiger partial charge on any atom is -0.416 e. The lowest BCUT2D eigenvalue weighted by Gasteiger charge is -2.08. The molecule has 3 aromatic carbocycles. The maximum atomic E-state index is 12.1. The molecule has 28 heavy (non-hydrogen) atoms. The van der Waals surface area contributed by atoms with Crippen LogP contribution in [0.15, 0.2) is 83.3 Å². The Bertz CT molecular complexity index is 1080. The molecule has 1 aromatic heterocycles. The van der Waals surface area contributed by atoms with Gasteiger partial charge in [0, 0.05) is 27.5 Å². The van der Waals surface area contributed by atoms with Gasteiger partial charge in [-0.05, 0) is 60.7 Å². The average Bonchev–Trinajstić information content (AvgIpc) is 3.21. The molecule has 1 heterocycles. The van der Waals surface area contributed by atoms with Gasteiger partial charge in [-0.2, -0.15) is 0 Å². The summed E-state index contributed by atoms with van der Waals surface area (Å²) in [4.78, 5) is 12.1. The zero-order valence-corrected chi connectivity index (χ0v) is 15.4. The van der Waals surface area contributed by atoms with Crippen LogP contribution in [-0.2, 0) is 0 Å². The maximum absolute atomic E-state index is 12.1. The molecule has 4 rings (SSSR count). The van der Waals surface area contributed by atoms with E-state index in [1.807, 2.05) is 30.3 Å². The van der Waals surface area contributed by atoms with Crippen molar-refractivity contribution in [1.82, 2.24) is 10.2 Å². The molecule has 0 aliphatic carbocycles. The van der Waals surface area contributed by atoms with Crippen LogP contribution < -0.4 is 10.6 Å². The highest BCUT2D eigenvalue weighted by Gasteiger charge is 2.10. The number of nitrogens with one attached hydrogen (secondary N) is 2. The Balaban J connectivity index is 1.42. The summed E-state index contributed by atoms with van der Waals surface area (Å²) >= 11 is 5.83. The number of hydrogen-bond donors (Lipinski definition) is 2. The van der Waals surface area contributed by atoms with Gasteiger partial charge >= 0.3 is 6.03 Å². The van der Waals surface area contributed by atoms with E-state index in [1.165, 1.54) is 0 Å². The molecule has 0 aliphatic rings. The second-order valence-corrected chi connectivity index (χ2v) is 6.38. The molecule has 7 heteroatoms. The monoisotopic (exact) mass is 390 g/mol. The standard InChI is InChI=1S/C21H15ClN4O2/c22-16-8-12-18(13-9-16)24-21(27)23-17-10-6-15(7-11-17)20-26-25-19(28-20)14-4-2-1-3-5-14/h1-13H,(H2,23,24,27). The number of carbonyl (C=O) groups excluding carboxylic acids is 1. The highest BCUT2D eigenvalue weighted by molar-refractivity contribution is 6.30. The van der Waals surface area contributed by atoms with Crippen LogP contribution in [0, 0.1) is 0 Å². The third-order valence-electron chi connectivity index (χ3n) is 3.94. The molecule has 0 atom stereocenters. The van der Waals surface area contributed by atoms with Gasteiger partial charge < -0.3 is 15.1 Å². The van der Waals surface area contributed by atoms with Crippen LogP contribution in [-0.4, -0.2) is 16.2 Å². The summed E-state index contributed by atoms with van der Waals surface area (Å²) < 4.78 is 5.73. The van der Waals surface area contributed by atoms with E-state index < -0.39 is 0 Å². The Morgan fingerprint density at radius 1 is 0.714 bits per heavy atom. The van der Waals surface area contributed by atoms with Crippen molar-refractivity contribution in [2.45, 2.75) is 0 Å². The molecule has 0 fully saturated rings. The molecular weight excluding hydrogens is 376 g/mol. The summed E-state index contributed by atoms with van der Waals surface area (Å²) in [6, 6.07) is 23.2. The maximum Gasteiger partial charge on any atom is 0.323 e. The molecule has 0 saturated heterocycles. The first-order chi connectivity index (χ1) is 13.7. The predicted octanol–water partition coefficient (Wildman–Crippen LogP) is 5.70. The molecule has 6 nitrogen and oxygen atoms in total. The molecule has 2 N–H and O–H groups in total. The minimum absolute atomic E-state index is 0.348. The zero-order valence-electron chi connectivity index (χ0n) is 14.6. The largest absolute Gasteiger partial charge is 0.416 e. The van der Waals surface area contributed by atoms with Gasteiger partial charge in [0.2, 0.25) is 11.8 Å². The number of rotatable bonds is 4. The van der Waals surface area contributed by atoms with Gasteiger partial charge in [0.15, 0.2) is 0 Å². The first-order valence-corrected chi connectivity index (χ1v) is 8.88. The molecular formula is C21H15ClN4O2. The van der Waals surface area contributed by atoms with Gasteiger partial charge in [0.1, 0.15) is 0 Å². The van der Waals surface area contributed by atoms with Crippen LogP contribution in [0.2, 0.25) is 5.02 Å². The molecule has 0 saturated carbocycles. The summed E-state index contributed by atoms with van der Waals surface area (Å²) in [6.07, 6.45) is 0. The van der Waals surface area contributed by atoms with E-state index in [-0.39, 0.29) is 6.03 Å². The van der Waals surface area contributed by atoms with Gasteiger partial charge in [-0.3, -0.25) is 0 Å². The average molecular weight is 391 g/mol. The summed E-state index contributed by atoms with van der Waals surface area (Å²) in [6.45, 7) is 0. The van der Waals surface area contributed by atoms with E-state index in [2.05, 4.69) is 20.8 Å². The summed E-state index contributed by atoms with van der Waals surface area (Å²) in [5.41, 5.74) is 2.91. The molecule has 0 unspecified atom stereocenters. The number of amides is 2. The highest BCUT2D eigenvalue weighted by atomic mass is 35.5. The highest BCUT2D eigenvalue weighted by Crippen LogP contribution is 2.24. The number of urea groups is 1. The molecule has 138 valence electrons. The van der Waals surface area contributed by atoms with E-state index in [9.17, 15) is 4.79 Å². The lowest BCUT2D eigenvalue weighted by Crippen LogP contribution is -2.19. The van der Waals surface area contributed by atoms with E-state index in [0.29, 0.717) is 28.2 Å². The number of benzene rings is 3. The van der Waals surface area contributed by atoms with Gasteiger partial charge in [-0.25, -0.2) is 4.79 Å². The Morgan fingerprint density at radius 3 is 1.79 bits per heavy atom. The van der Waals surface area contributed by atoms with Crippen molar-refractivity contribution in [3.8, 4) is 22.9 Å². The van der Waals surface area contributed by atoms with E-state index in [1.54, 1.807) is 48.5 Å². The molecule has 4 aromatic rings. The number of aromatic nitrogens is 2. The summed E-state index contributed by atoms with van der Waals surface area (Å²) in [7, 11) is 0. The summed E-state index contributed by atoms with van der Waals surface area (Å²) in [5.74, 6) is 0.871. The Hall–Kier alpha value is -3.64. The van der Waals surface area contributed by atoms with E-state index in [0.717, 1.165) is 11.1 Å².